The lowest BCUT2D eigenvalue weighted by atomic mass is 9.94. The number of carbonyl (C=O) groups excluding carboxylic acids is 3. The third kappa shape index (κ3) is 9.31. The van der Waals surface area contributed by atoms with Crippen molar-refractivity contribution in [3.05, 3.63) is 95.3 Å². The number of halogens is 3. The predicted octanol–water partition coefficient (Wildman–Crippen LogP) is 9.90. The molecule has 11 nitrogen and oxygen atoms in total. The Hall–Kier alpha value is -5.40. The van der Waals surface area contributed by atoms with Crippen molar-refractivity contribution in [3.8, 4) is 0 Å². The fourth-order valence-electron chi connectivity index (χ4n) is 9.91. The number of aromatic amines is 1. The first-order valence-corrected chi connectivity index (χ1v) is 23.0. The van der Waals surface area contributed by atoms with Crippen LogP contribution in [0.3, 0.4) is 0 Å². The van der Waals surface area contributed by atoms with Gasteiger partial charge in [0, 0.05) is 105 Å². The van der Waals surface area contributed by atoms with Crippen LogP contribution in [0.15, 0.2) is 67.5 Å². The fourth-order valence-corrected chi connectivity index (χ4v) is 10.2. The van der Waals surface area contributed by atoms with Crippen LogP contribution in [-0.2, 0) is 4.79 Å². The number of hydrogen-bond acceptors (Lipinski definition) is 6. The van der Waals surface area contributed by atoms with E-state index in [2.05, 4.69) is 68.7 Å². The number of anilines is 3. The van der Waals surface area contributed by atoms with Gasteiger partial charge in [-0.3, -0.25) is 19.8 Å². The summed E-state index contributed by atoms with van der Waals surface area (Å²) in [6.45, 7) is 16.3. The lowest BCUT2D eigenvalue weighted by Crippen LogP contribution is -2.49. The molecule has 0 saturated carbocycles. The summed E-state index contributed by atoms with van der Waals surface area (Å²) in [7, 11) is 0. The Morgan fingerprint density at radius 1 is 0.873 bits per heavy atom. The molecule has 0 aliphatic carbocycles. The number of allylic oxidation sites excluding steroid dienone is 1. The normalized spacial score (nSPS) is 18.5. The summed E-state index contributed by atoms with van der Waals surface area (Å²) in [5.74, 6) is -2.15. The van der Waals surface area contributed by atoms with Crippen molar-refractivity contribution in [2.45, 2.75) is 84.2 Å². The summed E-state index contributed by atoms with van der Waals surface area (Å²) < 4.78 is 33.4. The molecule has 9 rings (SSSR count). The number of nitrogens with one attached hydrogen (secondary N) is 3. The van der Waals surface area contributed by atoms with Crippen molar-refractivity contribution in [2.75, 3.05) is 67.1 Å². The minimum Gasteiger partial charge on any atom is -0.371 e. The number of fused-ring (bicyclic) bond motifs is 2. The number of nitrogens with zero attached hydrogens (tertiary/aromatic N) is 5. The minimum absolute atomic E-state index is 0.207. The first-order valence-electron chi connectivity index (χ1n) is 22.6. The maximum Gasteiger partial charge on any atom is 0.328 e. The zero-order chi connectivity index (χ0) is 44.4. The maximum absolute atomic E-state index is 15.5. The van der Waals surface area contributed by atoms with Crippen LogP contribution in [0.4, 0.5) is 30.6 Å². The molecule has 63 heavy (non-hydrogen) atoms. The zero-order valence-electron chi connectivity index (χ0n) is 36.6. The van der Waals surface area contributed by atoms with Gasteiger partial charge in [0.2, 0.25) is 5.91 Å². The zero-order valence-corrected chi connectivity index (χ0v) is 37.4. The van der Waals surface area contributed by atoms with Gasteiger partial charge < -0.3 is 29.6 Å². The molecule has 4 aliphatic rings. The van der Waals surface area contributed by atoms with Gasteiger partial charge in [-0.05, 0) is 99.4 Å². The van der Waals surface area contributed by atoms with Crippen molar-refractivity contribution in [2.24, 2.45) is 5.92 Å². The Morgan fingerprint density at radius 3 is 2.22 bits per heavy atom. The van der Waals surface area contributed by atoms with Gasteiger partial charge in [0.25, 0.3) is 5.91 Å². The van der Waals surface area contributed by atoms with E-state index >= 15 is 8.78 Å². The van der Waals surface area contributed by atoms with Crippen LogP contribution in [0.2, 0.25) is 5.02 Å². The van der Waals surface area contributed by atoms with E-state index in [1.807, 2.05) is 42.3 Å². The second-order valence-corrected chi connectivity index (χ2v) is 18.1. The van der Waals surface area contributed by atoms with Crippen LogP contribution in [0.1, 0.15) is 94.1 Å². The van der Waals surface area contributed by atoms with Gasteiger partial charge in [-0.15, -0.1) is 0 Å². The van der Waals surface area contributed by atoms with Gasteiger partial charge in [-0.25, -0.2) is 13.6 Å². The molecule has 4 fully saturated rings. The molecule has 14 heteroatoms. The molecule has 0 unspecified atom stereocenters. The van der Waals surface area contributed by atoms with Gasteiger partial charge in [-0.2, -0.15) is 0 Å². The smallest absolute Gasteiger partial charge is 0.328 e. The average molecular weight is 882 g/mol. The molecule has 0 bridgehead atoms. The number of hydrogen-bond donors (Lipinski definition) is 3. The molecule has 4 aliphatic heterocycles. The van der Waals surface area contributed by atoms with E-state index in [1.165, 1.54) is 18.6 Å². The van der Waals surface area contributed by atoms with Crippen LogP contribution in [0.5, 0.6) is 0 Å². The standard InChI is InChI=1S/C46H51ClF2N8O3.C3H8/c1-28(2)34-26-50-44-40(7-6-35(47)42(34)44)55-20-10-30(11-21-55)51-45(59)43-36(48)24-32(25-37(43)49)54-18-8-29(9-19-54)27-53-16-12-31(13-17-53)56-22-14-33-38(56)4-3-5-39(33)57-23-15-41(58)52-46(57)60;1-3-2/h3-7,14,22,24-26,29-31,50H,1,8-13,15-21,23,27H2,2H3,(H,51,59)(H,52,58,60);3H2,1-2H3. The molecule has 3 aromatic carbocycles. The quantitative estimate of drug-likeness (QED) is 0.136. The molecular weight excluding hydrogens is 822 g/mol. The first kappa shape index (κ1) is 44.2. The monoisotopic (exact) mass is 880 g/mol. The van der Waals surface area contributed by atoms with Crippen molar-refractivity contribution in [1.82, 2.24) is 25.1 Å². The summed E-state index contributed by atoms with van der Waals surface area (Å²) in [5, 5.41) is 7.94. The highest BCUT2D eigenvalue weighted by atomic mass is 35.5. The number of H-pyrrole nitrogens is 1. The second-order valence-electron chi connectivity index (χ2n) is 17.7. The Balaban J connectivity index is 0.00000177. The number of amides is 4. The number of aromatic nitrogens is 2. The van der Waals surface area contributed by atoms with Crippen LogP contribution >= 0.6 is 11.6 Å². The summed E-state index contributed by atoms with van der Waals surface area (Å²) in [6.07, 6.45) is 10.7. The molecule has 2 aromatic heterocycles. The first-order chi connectivity index (χ1) is 30.4. The lowest BCUT2D eigenvalue weighted by Gasteiger charge is -2.39. The average Bonchev–Trinajstić information content (AvgIpc) is 3.92. The minimum atomic E-state index is -0.839. The maximum atomic E-state index is 15.5. The van der Waals surface area contributed by atoms with E-state index in [0.717, 1.165) is 89.6 Å². The van der Waals surface area contributed by atoms with Crippen LogP contribution < -0.4 is 25.3 Å². The molecule has 4 saturated heterocycles. The molecule has 5 aromatic rings. The topological polar surface area (TPSA) is 109 Å². The number of urea groups is 1. The molecule has 334 valence electrons. The van der Waals surface area contributed by atoms with Gasteiger partial charge in [0.05, 0.1) is 27.4 Å². The lowest BCUT2D eigenvalue weighted by molar-refractivity contribution is -0.120. The number of piperidine rings is 3. The van der Waals surface area contributed by atoms with Gasteiger partial charge in [0.1, 0.15) is 17.2 Å². The van der Waals surface area contributed by atoms with Crippen molar-refractivity contribution >= 4 is 73.9 Å². The largest absolute Gasteiger partial charge is 0.371 e. The van der Waals surface area contributed by atoms with E-state index in [4.69, 9.17) is 11.6 Å². The summed E-state index contributed by atoms with van der Waals surface area (Å²) in [4.78, 5) is 49.4. The number of imide groups is 1. The molecular formula is C49H59ClF2N8O3. The Bertz CT molecular complexity index is 2470. The summed E-state index contributed by atoms with van der Waals surface area (Å²) in [6, 6.07) is 14.4. The highest BCUT2D eigenvalue weighted by Gasteiger charge is 2.31. The molecule has 0 radical (unpaired) electrons. The highest BCUT2D eigenvalue weighted by Crippen LogP contribution is 2.38. The van der Waals surface area contributed by atoms with E-state index in [0.29, 0.717) is 68.2 Å². The van der Waals surface area contributed by atoms with Gasteiger partial charge in [0.15, 0.2) is 0 Å². The van der Waals surface area contributed by atoms with E-state index < -0.39 is 23.1 Å². The molecule has 4 amide bonds. The fraction of sp³-hybridized carbons (Fsp3) is 0.449. The van der Waals surface area contributed by atoms with Crippen LogP contribution in [0.25, 0.3) is 27.4 Å². The van der Waals surface area contributed by atoms with Crippen molar-refractivity contribution < 1.29 is 23.2 Å². The van der Waals surface area contributed by atoms with Crippen LogP contribution in [0, 0.1) is 17.6 Å². The Kier molecular flexibility index (Phi) is 13.4. The van der Waals surface area contributed by atoms with Crippen LogP contribution in [-0.4, -0.2) is 90.7 Å². The van der Waals surface area contributed by atoms with Gasteiger partial charge >= 0.3 is 6.03 Å². The summed E-state index contributed by atoms with van der Waals surface area (Å²) in [5.41, 5.74) is 5.73. The number of benzene rings is 3. The number of rotatable bonds is 9. The molecule has 3 N–H and O–H groups in total. The molecule has 0 atom stereocenters. The third-order valence-electron chi connectivity index (χ3n) is 13.2. The van der Waals surface area contributed by atoms with Crippen molar-refractivity contribution in [3.63, 3.8) is 0 Å². The van der Waals surface area contributed by atoms with Crippen molar-refractivity contribution in [1.29, 1.82) is 0 Å². The number of likely N-dealkylation sites (tertiary alicyclic amines) is 1. The second kappa shape index (κ2) is 19.1. The Morgan fingerprint density at radius 2 is 1.56 bits per heavy atom. The molecule has 6 heterocycles. The Labute approximate surface area is 373 Å². The third-order valence-corrected chi connectivity index (χ3v) is 13.5. The highest BCUT2D eigenvalue weighted by molar-refractivity contribution is 6.36. The number of carbonyl (C=O) groups is 3. The summed E-state index contributed by atoms with van der Waals surface area (Å²) >= 11 is 6.56. The van der Waals surface area contributed by atoms with E-state index in [-0.39, 0.29) is 24.4 Å². The predicted molar refractivity (Wildman–Crippen MR) is 250 cm³/mol. The van der Waals surface area contributed by atoms with Gasteiger partial charge in [-0.1, -0.05) is 44.5 Å². The van der Waals surface area contributed by atoms with E-state index in [9.17, 15) is 14.4 Å². The molecule has 0 spiro atoms. The SMILES string of the molecule is C=C(C)c1c[nH]c2c(N3CCC(NC(=O)c4c(F)cc(N5CCC(CN6CCC(n7ccc8c(N9CCC(=O)NC9=O)cccc87)CC6)CC5)cc4F)CC3)ccc(Cl)c12.CCC. The van der Waals surface area contributed by atoms with E-state index in [1.54, 1.807) is 4.90 Å².